The number of aromatic nitrogens is 2. The Morgan fingerprint density at radius 3 is 2.72 bits per heavy atom. The van der Waals surface area contributed by atoms with Crippen molar-refractivity contribution in [2.75, 3.05) is 32.1 Å². The molecule has 1 aliphatic heterocycles. The first kappa shape index (κ1) is 21.3. The highest BCUT2D eigenvalue weighted by Gasteiger charge is 2.25. The summed E-state index contributed by atoms with van der Waals surface area (Å²) in [6.45, 7) is 6.74. The molecule has 2 aromatic rings. The Labute approximate surface area is 173 Å². The summed E-state index contributed by atoms with van der Waals surface area (Å²) < 4.78 is 5.25. The van der Waals surface area contributed by atoms with Crippen LogP contribution >= 0.6 is 0 Å². The normalized spacial score (nSPS) is 16.2. The first-order chi connectivity index (χ1) is 14.0. The molecule has 7 heteroatoms. The van der Waals surface area contributed by atoms with Crippen LogP contribution in [0.2, 0.25) is 0 Å². The number of nitrogens with zero attached hydrogens (tertiary/aromatic N) is 4. The number of hydrogen-bond acceptors (Lipinski definition) is 6. The molecule has 1 unspecified atom stereocenters. The summed E-state index contributed by atoms with van der Waals surface area (Å²) in [6, 6.07) is 6.28. The van der Waals surface area contributed by atoms with Gasteiger partial charge in [-0.15, -0.1) is 0 Å². The van der Waals surface area contributed by atoms with Crippen molar-refractivity contribution in [3.8, 4) is 0 Å². The Morgan fingerprint density at radius 2 is 2.10 bits per heavy atom. The number of carbonyl (C=O) groups excluding carboxylic acids is 1. The van der Waals surface area contributed by atoms with Crippen molar-refractivity contribution in [2.45, 2.75) is 52.1 Å². The highest BCUT2D eigenvalue weighted by atomic mass is 16.5. The van der Waals surface area contributed by atoms with Crippen molar-refractivity contribution >= 4 is 11.7 Å². The van der Waals surface area contributed by atoms with Crippen molar-refractivity contribution in [3.63, 3.8) is 0 Å². The number of amides is 1. The van der Waals surface area contributed by atoms with Crippen molar-refractivity contribution < 1.29 is 9.32 Å². The van der Waals surface area contributed by atoms with E-state index in [-0.39, 0.29) is 5.91 Å². The zero-order valence-corrected chi connectivity index (χ0v) is 18.0. The Morgan fingerprint density at radius 1 is 1.34 bits per heavy atom. The minimum atomic E-state index is -0.156. The fraction of sp³-hybridized carbons (Fsp3) is 0.591. The third-order valence-electron chi connectivity index (χ3n) is 5.91. The van der Waals surface area contributed by atoms with Crippen LogP contribution in [0.3, 0.4) is 0 Å². The van der Waals surface area contributed by atoms with Crippen molar-refractivity contribution in [3.05, 3.63) is 41.4 Å². The second-order valence-electron chi connectivity index (χ2n) is 8.15. The van der Waals surface area contributed by atoms with Gasteiger partial charge in [0.2, 0.25) is 0 Å². The number of anilines is 1. The van der Waals surface area contributed by atoms with Crippen LogP contribution in [0, 0.1) is 5.92 Å². The van der Waals surface area contributed by atoms with Crippen molar-refractivity contribution in [1.29, 1.82) is 0 Å². The number of aryl methyl sites for hydroxylation is 1. The van der Waals surface area contributed by atoms with E-state index in [9.17, 15) is 4.79 Å². The van der Waals surface area contributed by atoms with Crippen molar-refractivity contribution in [1.82, 2.24) is 20.4 Å². The minimum Gasteiger partial charge on any atom is -0.359 e. The Hall–Kier alpha value is -2.41. The van der Waals surface area contributed by atoms with E-state index in [2.05, 4.69) is 53.2 Å². The van der Waals surface area contributed by atoms with Gasteiger partial charge in [0.15, 0.2) is 5.76 Å². The maximum Gasteiger partial charge on any atom is 0.253 e. The molecule has 1 atom stereocenters. The maximum atomic E-state index is 12.4. The molecular weight excluding hydrogens is 366 g/mol. The highest BCUT2D eigenvalue weighted by Crippen LogP contribution is 2.25. The highest BCUT2D eigenvalue weighted by molar-refractivity contribution is 5.93. The SMILES string of the molecule is CCCc1cc(CNC(=O)c2ccc(N3CCC(C(C)N(C)C)CC3)nc2)on1. The molecule has 1 fully saturated rings. The Kier molecular flexibility index (Phi) is 7.25. The summed E-state index contributed by atoms with van der Waals surface area (Å²) in [5.74, 6) is 2.18. The van der Waals surface area contributed by atoms with Crippen LogP contribution in [0.25, 0.3) is 0 Å². The molecule has 0 bridgehead atoms. The molecule has 0 spiro atoms. The third kappa shape index (κ3) is 5.56. The predicted molar refractivity (Wildman–Crippen MR) is 114 cm³/mol. The number of hydrogen-bond donors (Lipinski definition) is 1. The van der Waals surface area contributed by atoms with Crippen LogP contribution in [-0.4, -0.2) is 54.2 Å². The molecule has 1 aliphatic rings. The molecule has 7 nitrogen and oxygen atoms in total. The van der Waals surface area contributed by atoms with E-state index < -0.39 is 0 Å². The van der Waals surface area contributed by atoms with Gasteiger partial charge in [0.25, 0.3) is 5.91 Å². The van der Waals surface area contributed by atoms with Gasteiger partial charge in [-0.1, -0.05) is 18.5 Å². The molecule has 0 saturated carbocycles. The molecule has 0 aromatic carbocycles. The third-order valence-corrected chi connectivity index (χ3v) is 5.91. The van der Waals surface area contributed by atoms with Crippen LogP contribution in [-0.2, 0) is 13.0 Å². The Balaban J connectivity index is 1.50. The second kappa shape index (κ2) is 9.87. The summed E-state index contributed by atoms with van der Waals surface area (Å²) in [6.07, 6.45) is 5.89. The largest absolute Gasteiger partial charge is 0.359 e. The molecule has 158 valence electrons. The quantitative estimate of drug-likeness (QED) is 0.735. The number of nitrogens with one attached hydrogen (secondary N) is 1. The minimum absolute atomic E-state index is 0.156. The summed E-state index contributed by atoms with van der Waals surface area (Å²) in [5, 5.41) is 6.87. The molecule has 3 rings (SSSR count). The fourth-order valence-electron chi connectivity index (χ4n) is 3.82. The monoisotopic (exact) mass is 399 g/mol. The molecule has 0 radical (unpaired) electrons. The zero-order valence-electron chi connectivity index (χ0n) is 18.0. The lowest BCUT2D eigenvalue weighted by molar-refractivity contribution is 0.0946. The molecule has 3 heterocycles. The lowest BCUT2D eigenvalue weighted by Crippen LogP contribution is -2.41. The summed E-state index contributed by atoms with van der Waals surface area (Å²) in [4.78, 5) is 21.5. The van der Waals surface area contributed by atoms with E-state index in [0.717, 1.165) is 43.4 Å². The molecule has 1 amide bonds. The number of carbonyl (C=O) groups is 1. The van der Waals surface area contributed by atoms with Gasteiger partial charge in [0.05, 0.1) is 17.8 Å². The topological polar surface area (TPSA) is 74.5 Å². The van der Waals surface area contributed by atoms with Crippen LogP contribution in [0.4, 0.5) is 5.82 Å². The first-order valence-corrected chi connectivity index (χ1v) is 10.6. The number of piperidine rings is 1. The molecule has 2 aromatic heterocycles. The van der Waals surface area contributed by atoms with E-state index >= 15 is 0 Å². The van der Waals surface area contributed by atoms with Gasteiger partial charge in [-0.25, -0.2) is 4.98 Å². The van der Waals surface area contributed by atoms with Crippen LogP contribution < -0.4 is 10.2 Å². The van der Waals surface area contributed by atoms with E-state index in [0.29, 0.717) is 23.9 Å². The average molecular weight is 400 g/mol. The van der Waals surface area contributed by atoms with E-state index in [4.69, 9.17) is 4.52 Å². The van der Waals surface area contributed by atoms with Gasteiger partial charge in [0.1, 0.15) is 5.82 Å². The lowest BCUT2D eigenvalue weighted by Gasteiger charge is -2.37. The van der Waals surface area contributed by atoms with Gasteiger partial charge >= 0.3 is 0 Å². The van der Waals surface area contributed by atoms with Crippen molar-refractivity contribution in [2.24, 2.45) is 5.92 Å². The smallest absolute Gasteiger partial charge is 0.253 e. The van der Waals surface area contributed by atoms with Crippen LogP contribution in [0.5, 0.6) is 0 Å². The second-order valence-corrected chi connectivity index (χ2v) is 8.15. The predicted octanol–water partition coefficient (Wildman–Crippen LogP) is 3.12. The average Bonchev–Trinajstić information content (AvgIpc) is 3.19. The van der Waals surface area contributed by atoms with Gasteiger partial charge in [-0.3, -0.25) is 4.79 Å². The van der Waals surface area contributed by atoms with E-state index in [1.165, 1.54) is 12.8 Å². The standard InChI is InChI=1S/C22H33N5O2/c1-5-6-19-13-20(29-25-19)15-24-22(28)18-7-8-21(23-14-18)27-11-9-17(10-12-27)16(2)26(3)4/h7-8,13-14,16-17H,5-6,9-12,15H2,1-4H3,(H,24,28). The molecule has 1 N–H and O–H groups in total. The lowest BCUT2D eigenvalue weighted by atomic mass is 9.90. The van der Waals surface area contributed by atoms with E-state index in [1.807, 2.05) is 18.2 Å². The van der Waals surface area contributed by atoms with Gasteiger partial charge in [-0.05, 0) is 58.3 Å². The fourth-order valence-corrected chi connectivity index (χ4v) is 3.82. The molecular formula is C22H33N5O2. The van der Waals surface area contributed by atoms with Gasteiger partial charge < -0.3 is 19.6 Å². The first-order valence-electron chi connectivity index (χ1n) is 10.6. The zero-order chi connectivity index (χ0) is 20.8. The summed E-state index contributed by atoms with van der Waals surface area (Å²) >= 11 is 0. The van der Waals surface area contributed by atoms with Crippen LogP contribution in [0.15, 0.2) is 28.9 Å². The summed E-state index contributed by atoms with van der Waals surface area (Å²) in [5.41, 5.74) is 1.48. The molecule has 1 saturated heterocycles. The number of pyridine rings is 1. The number of rotatable bonds is 8. The molecule has 0 aliphatic carbocycles. The van der Waals surface area contributed by atoms with Gasteiger partial charge in [-0.2, -0.15) is 0 Å². The van der Waals surface area contributed by atoms with Crippen LogP contribution in [0.1, 0.15) is 54.9 Å². The van der Waals surface area contributed by atoms with E-state index in [1.54, 1.807) is 6.20 Å². The maximum absolute atomic E-state index is 12.4. The summed E-state index contributed by atoms with van der Waals surface area (Å²) in [7, 11) is 4.30. The molecule has 29 heavy (non-hydrogen) atoms. The van der Waals surface area contributed by atoms with Gasteiger partial charge in [0, 0.05) is 31.4 Å². The Bertz CT molecular complexity index is 779.